The molecule has 2 N–H and O–H groups in total. The van der Waals surface area contributed by atoms with Crippen LogP contribution in [0.4, 0.5) is 0 Å². The van der Waals surface area contributed by atoms with E-state index in [1.807, 2.05) is 18.2 Å². The van der Waals surface area contributed by atoms with Crippen molar-refractivity contribution in [3.8, 4) is 0 Å². The van der Waals surface area contributed by atoms with Crippen LogP contribution in [0, 0.1) is 0 Å². The van der Waals surface area contributed by atoms with E-state index in [0.717, 1.165) is 25.9 Å². The number of carbonyl (C=O) groups is 2. The van der Waals surface area contributed by atoms with Gasteiger partial charge in [-0.05, 0) is 42.4 Å². The summed E-state index contributed by atoms with van der Waals surface area (Å²) in [6, 6.07) is 12.0. The zero-order valence-corrected chi connectivity index (χ0v) is 23.9. The Bertz CT molecular complexity index is 1360. The average Bonchev–Trinajstić information content (AvgIpc) is 3.37. The number of nitrogens with one attached hydrogen (secondary N) is 1. The van der Waals surface area contributed by atoms with Crippen molar-refractivity contribution in [2.45, 2.75) is 32.4 Å². The smallest absolute Gasteiger partial charge is 0.359 e. The van der Waals surface area contributed by atoms with E-state index in [2.05, 4.69) is 66.8 Å². The van der Waals surface area contributed by atoms with Crippen LogP contribution in [0.1, 0.15) is 21.0 Å². The van der Waals surface area contributed by atoms with Crippen LogP contribution in [0.2, 0.25) is 25.7 Å². The van der Waals surface area contributed by atoms with Gasteiger partial charge in [-0.1, -0.05) is 51.5 Å². The van der Waals surface area contributed by atoms with E-state index in [0.29, 0.717) is 29.9 Å². The highest BCUT2D eigenvalue weighted by Crippen LogP contribution is 2.24. The first-order valence-electron chi connectivity index (χ1n) is 10.7. The third-order valence-corrected chi connectivity index (χ3v) is 7.72. The van der Waals surface area contributed by atoms with Crippen molar-refractivity contribution in [3.63, 3.8) is 0 Å². The lowest BCUT2D eigenvalue weighted by Gasteiger charge is -2.15. The number of hydrogen-bond donors (Lipinski definition) is 2. The van der Waals surface area contributed by atoms with Gasteiger partial charge < -0.3 is 14.6 Å². The molecule has 4 aromatic rings. The predicted molar refractivity (Wildman–Crippen MR) is 144 cm³/mol. The normalized spacial score (nSPS) is 11.4. The molecule has 0 spiro atoms. The van der Waals surface area contributed by atoms with Crippen molar-refractivity contribution in [3.05, 3.63) is 56.7 Å². The van der Waals surface area contributed by atoms with Crippen molar-refractivity contribution in [2.24, 2.45) is 0 Å². The third kappa shape index (κ3) is 7.00. The van der Waals surface area contributed by atoms with Crippen LogP contribution in [0.3, 0.4) is 0 Å². The Balaban J connectivity index is 0.000000223. The Hall–Kier alpha value is -2.54. The van der Waals surface area contributed by atoms with Crippen molar-refractivity contribution >= 4 is 73.7 Å². The van der Waals surface area contributed by atoms with Gasteiger partial charge in [0.25, 0.3) is 0 Å². The number of halogens is 2. The molecule has 0 fully saturated rings. The fourth-order valence-corrected chi connectivity index (χ4v) is 4.64. The minimum absolute atomic E-state index is 0.0579. The highest BCUT2D eigenvalue weighted by molar-refractivity contribution is 9.10. The lowest BCUT2D eigenvalue weighted by Crippen LogP contribution is -2.22. The number of ether oxygens (including phenoxy) is 2. The number of carbonyl (C=O) groups excluding carboxylic acids is 1. The summed E-state index contributed by atoms with van der Waals surface area (Å²) in [7, 11) is 0.245. The number of fused-ring (bicyclic) bond motifs is 2. The zero-order chi connectivity index (χ0) is 25.8. The molecule has 186 valence electrons. The van der Waals surface area contributed by atoms with Gasteiger partial charge in [0.15, 0.2) is 11.4 Å². The molecule has 0 atom stereocenters. The number of nitrogens with zero attached hydrogens (tertiary/aromatic N) is 3. The van der Waals surface area contributed by atoms with Crippen molar-refractivity contribution in [1.29, 1.82) is 0 Å². The molecular weight excluding hydrogens is 600 g/mol. The second-order valence-electron chi connectivity index (χ2n) is 8.92. The van der Waals surface area contributed by atoms with Gasteiger partial charge >= 0.3 is 11.9 Å². The van der Waals surface area contributed by atoms with Gasteiger partial charge in [-0.3, -0.25) is 5.10 Å². The summed E-state index contributed by atoms with van der Waals surface area (Å²) < 4.78 is 14.1. The molecule has 2 aromatic carbocycles. The summed E-state index contributed by atoms with van der Waals surface area (Å²) in [5.41, 5.74) is 1.94. The first-order chi connectivity index (χ1) is 16.5. The number of aromatic amines is 1. The summed E-state index contributed by atoms with van der Waals surface area (Å²) in [4.78, 5) is 22.5. The summed E-state index contributed by atoms with van der Waals surface area (Å²) in [6.45, 7) is 7.97. The highest BCUT2D eigenvalue weighted by Gasteiger charge is 2.18. The predicted octanol–water partition coefficient (Wildman–Crippen LogP) is 5.92. The molecule has 2 aromatic heterocycles. The number of H-pyrrole nitrogens is 1. The number of hydrogen-bond acceptors (Lipinski definition) is 6. The monoisotopic (exact) mass is 624 g/mol. The van der Waals surface area contributed by atoms with Crippen molar-refractivity contribution in [1.82, 2.24) is 20.0 Å². The van der Waals surface area contributed by atoms with Crippen molar-refractivity contribution < 1.29 is 24.2 Å². The Morgan fingerprint density at radius 3 is 2.34 bits per heavy atom. The van der Waals surface area contributed by atoms with Gasteiger partial charge in [-0.25, -0.2) is 14.3 Å². The molecule has 0 saturated heterocycles. The zero-order valence-electron chi connectivity index (χ0n) is 19.8. The van der Waals surface area contributed by atoms with Crippen LogP contribution in [0.25, 0.3) is 21.8 Å². The molecule has 0 radical (unpaired) electrons. The van der Waals surface area contributed by atoms with E-state index >= 15 is 0 Å². The molecule has 35 heavy (non-hydrogen) atoms. The molecule has 4 rings (SSSR count). The van der Waals surface area contributed by atoms with Gasteiger partial charge in [-0.2, -0.15) is 10.2 Å². The van der Waals surface area contributed by atoms with E-state index < -0.39 is 20.0 Å². The van der Waals surface area contributed by atoms with Gasteiger partial charge in [0.05, 0.1) is 18.1 Å². The maximum atomic E-state index is 11.8. The minimum Gasteiger partial charge on any atom is -0.476 e. The lowest BCUT2D eigenvalue weighted by atomic mass is 10.2. The van der Waals surface area contributed by atoms with E-state index in [1.165, 1.54) is 7.11 Å². The molecule has 12 heteroatoms. The van der Waals surface area contributed by atoms with Crippen LogP contribution in [-0.4, -0.2) is 58.8 Å². The average molecular weight is 626 g/mol. The van der Waals surface area contributed by atoms with Crippen LogP contribution in [0.5, 0.6) is 0 Å². The Morgan fingerprint density at radius 1 is 1.06 bits per heavy atom. The molecular formula is C23H26Br2N4O5Si. The maximum absolute atomic E-state index is 11.8. The van der Waals surface area contributed by atoms with Gasteiger partial charge in [0.1, 0.15) is 6.73 Å². The first-order valence-corrected chi connectivity index (χ1v) is 16.0. The number of rotatable bonds is 7. The van der Waals surface area contributed by atoms with Crippen LogP contribution < -0.4 is 0 Å². The summed E-state index contributed by atoms with van der Waals surface area (Å²) in [5.74, 6) is -1.46. The molecule has 0 aliphatic rings. The summed E-state index contributed by atoms with van der Waals surface area (Å²) in [6.07, 6.45) is 0. The van der Waals surface area contributed by atoms with Gasteiger partial charge in [0, 0.05) is 34.4 Å². The molecule has 0 unspecified atom stereocenters. The number of aromatic nitrogens is 4. The SMILES string of the molecule is COC(=O)c1nn(COCC[Si](C)(C)C)c2cc(Br)ccc12.O=C(O)c1n[nH]c2cc(Br)ccc12. The van der Waals surface area contributed by atoms with Crippen LogP contribution >= 0.6 is 31.9 Å². The minimum atomic E-state index is -1.11. The number of methoxy groups -OCH3 is 1. The lowest BCUT2D eigenvalue weighted by molar-refractivity contribution is 0.0584. The molecule has 0 bridgehead atoms. The topological polar surface area (TPSA) is 119 Å². The third-order valence-electron chi connectivity index (χ3n) is 5.03. The van der Waals surface area contributed by atoms with Crippen LogP contribution in [0.15, 0.2) is 45.3 Å². The number of carboxylic acid groups (broad SMARTS) is 1. The quantitative estimate of drug-likeness (QED) is 0.149. The number of esters is 1. The van der Waals surface area contributed by atoms with Gasteiger partial charge in [0.2, 0.25) is 0 Å². The molecule has 0 saturated carbocycles. The van der Waals surface area contributed by atoms with E-state index in [1.54, 1.807) is 22.9 Å². The fourth-order valence-electron chi connectivity index (χ4n) is 3.18. The summed E-state index contributed by atoms with van der Waals surface area (Å²) >= 11 is 6.73. The number of aromatic carboxylic acids is 1. The highest BCUT2D eigenvalue weighted by atomic mass is 79.9. The standard InChI is InChI=1S/C15H21BrN2O3Si.C8H5BrN2O2/c1-20-15(19)14-12-6-5-11(16)9-13(12)18(17-14)10-21-7-8-22(2,3)4;9-4-1-2-5-6(3-4)10-11-7(5)8(12)13/h5-6,9H,7-8,10H2,1-4H3;1-3H,(H,10,11)(H,12,13). The second-order valence-corrected chi connectivity index (χ2v) is 16.4. The van der Waals surface area contributed by atoms with E-state index in [9.17, 15) is 9.59 Å². The van der Waals surface area contributed by atoms with Gasteiger partial charge in [-0.15, -0.1) is 0 Å². The van der Waals surface area contributed by atoms with Crippen LogP contribution in [-0.2, 0) is 16.2 Å². The largest absolute Gasteiger partial charge is 0.476 e. The van der Waals surface area contributed by atoms with E-state index in [4.69, 9.17) is 14.6 Å². The molecule has 0 aliphatic carbocycles. The molecule has 0 amide bonds. The van der Waals surface area contributed by atoms with Crippen molar-refractivity contribution in [2.75, 3.05) is 13.7 Å². The Morgan fingerprint density at radius 2 is 1.71 bits per heavy atom. The maximum Gasteiger partial charge on any atom is 0.359 e. The molecule has 9 nitrogen and oxygen atoms in total. The van der Waals surface area contributed by atoms with E-state index in [-0.39, 0.29) is 5.69 Å². The number of benzene rings is 2. The Labute approximate surface area is 220 Å². The summed E-state index contributed by atoms with van der Waals surface area (Å²) in [5, 5.41) is 20.8. The molecule has 2 heterocycles. The Kier molecular flexibility index (Phi) is 8.86. The number of carboxylic acids is 1. The first kappa shape index (κ1) is 27.1. The molecule has 0 aliphatic heterocycles. The second kappa shape index (κ2) is 11.5. The fraction of sp³-hybridized carbons (Fsp3) is 0.304.